The van der Waals surface area contributed by atoms with E-state index < -0.39 is 0 Å². The highest BCUT2D eigenvalue weighted by Crippen LogP contribution is 2.26. The van der Waals surface area contributed by atoms with Crippen molar-refractivity contribution in [3.05, 3.63) is 90.2 Å². The van der Waals surface area contributed by atoms with Gasteiger partial charge in [-0.1, -0.05) is 6.08 Å². The Morgan fingerprint density at radius 3 is 2.96 bits per heavy atom. The number of rotatable bonds is 5. The van der Waals surface area contributed by atoms with Crippen molar-refractivity contribution < 1.29 is 9.78 Å². The Balaban J connectivity index is 1.49. The number of nitrogens with zero attached hydrogens (tertiary/aromatic N) is 3. The molecule has 1 amide bonds. The highest BCUT2D eigenvalue weighted by atomic mass is 16.2. The van der Waals surface area contributed by atoms with Crippen LogP contribution in [0, 0.1) is 0 Å². The van der Waals surface area contributed by atoms with Gasteiger partial charge in [0.1, 0.15) is 17.7 Å². The monoisotopic (exact) mass is 347 g/mol. The van der Waals surface area contributed by atoms with Crippen molar-refractivity contribution in [3.8, 4) is 0 Å². The average molecular weight is 347 g/mol. The third-order valence-electron chi connectivity index (χ3n) is 4.25. The van der Waals surface area contributed by atoms with Crippen molar-refractivity contribution in [1.82, 2.24) is 25.5 Å². The quantitative estimate of drug-likeness (QED) is 0.831. The van der Waals surface area contributed by atoms with Gasteiger partial charge in [0.15, 0.2) is 12.4 Å². The normalized spacial score (nSPS) is 17.8. The summed E-state index contributed by atoms with van der Waals surface area (Å²) in [5, 5.41) is 6.24. The van der Waals surface area contributed by atoms with Crippen LogP contribution >= 0.6 is 0 Å². The Labute approximate surface area is 151 Å². The molecule has 1 unspecified atom stereocenters. The van der Waals surface area contributed by atoms with Gasteiger partial charge in [0.2, 0.25) is 0 Å². The lowest BCUT2D eigenvalue weighted by molar-refractivity contribution is -0.378. The van der Waals surface area contributed by atoms with Crippen LogP contribution < -0.4 is 15.6 Å². The summed E-state index contributed by atoms with van der Waals surface area (Å²) in [7, 11) is 0. The molecule has 0 saturated carbocycles. The van der Waals surface area contributed by atoms with Crippen LogP contribution in [0.1, 0.15) is 11.4 Å². The van der Waals surface area contributed by atoms with Gasteiger partial charge in [-0.05, 0) is 24.3 Å². The maximum Gasteiger partial charge on any atom is 0.269 e. The molecular weight excluding hydrogens is 328 g/mol. The number of fused-ring (bicyclic) bond motifs is 1. The molecule has 7 heteroatoms. The average Bonchev–Trinajstić information content (AvgIpc) is 3.06. The molecule has 2 aliphatic heterocycles. The first-order valence-corrected chi connectivity index (χ1v) is 8.44. The van der Waals surface area contributed by atoms with Gasteiger partial charge in [0.05, 0.1) is 12.2 Å². The molecular formula is C19H19N6O+. The second-order valence-corrected chi connectivity index (χ2v) is 5.99. The van der Waals surface area contributed by atoms with Crippen LogP contribution in [0.25, 0.3) is 0 Å². The van der Waals surface area contributed by atoms with Gasteiger partial charge < -0.3 is 15.5 Å². The summed E-state index contributed by atoms with van der Waals surface area (Å²) >= 11 is 0. The SMILES string of the molecule is O=C(NCc1ncccn1)C1=C2C=CC=CN2C(Cc2ccc[nH+]c2)N1. The molecule has 1 atom stereocenters. The largest absolute Gasteiger partial charge is 0.358 e. The predicted octanol–water partition coefficient (Wildman–Crippen LogP) is 0.676. The predicted molar refractivity (Wildman–Crippen MR) is 94.6 cm³/mol. The van der Waals surface area contributed by atoms with Crippen molar-refractivity contribution >= 4 is 5.91 Å². The molecule has 0 saturated heterocycles. The van der Waals surface area contributed by atoms with E-state index >= 15 is 0 Å². The number of aromatic nitrogens is 3. The number of carbonyl (C=O) groups is 1. The van der Waals surface area contributed by atoms with E-state index in [1.54, 1.807) is 18.5 Å². The summed E-state index contributed by atoms with van der Waals surface area (Å²) in [5.74, 6) is 0.413. The fourth-order valence-corrected chi connectivity index (χ4v) is 3.03. The Morgan fingerprint density at radius 1 is 1.27 bits per heavy atom. The van der Waals surface area contributed by atoms with Gasteiger partial charge in [0, 0.05) is 36.6 Å². The Hall–Kier alpha value is -3.48. The summed E-state index contributed by atoms with van der Waals surface area (Å²) < 4.78 is 0. The third-order valence-corrected chi connectivity index (χ3v) is 4.25. The van der Waals surface area contributed by atoms with Crippen molar-refractivity contribution in [2.24, 2.45) is 0 Å². The van der Waals surface area contributed by atoms with Crippen molar-refractivity contribution in [1.29, 1.82) is 0 Å². The molecule has 0 bridgehead atoms. The first-order chi connectivity index (χ1) is 12.8. The molecule has 0 fully saturated rings. The zero-order valence-corrected chi connectivity index (χ0v) is 14.1. The summed E-state index contributed by atoms with van der Waals surface area (Å²) in [6.45, 7) is 0.288. The Bertz CT molecular complexity index is 875. The Kier molecular flexibility index (Phi) is 4.42. The number of nitrogens with one attached hydrogen (secondary N) is 3. The number of pyridine rings is 1. The molecule has 0 aliphatic carbocycles. The van der Waals surface area contributed by atoms with Gasteiger partial charge in [-0.3, -0.25) is 4.79 Å². The lowest BCUT2D eigenvalue weighted by Gasteiger charge is -2.25. The zero-order chi connectivity index (χ0) is 17.8. The molecule has 0 radical (unpaired) electrons. The summed E-state index contributed by atoms with van der Waals surface area (Å²) in [5.41, 5.74) is 2.59. The first-order valence-electron chi connectivity index (χ1n) is 8.44. The highest BCUT2D eigenvalue weighted by molar-refractivity contribution is 5.94. The lowest BCUT2D eigenvalue weighted by Crippen LogP contribution is -2.38. The molecule has 4 rings (SSSR count). The van der Waals surface area contributed by atoms with E-state index in [4.69, 9.17) is 0 Å². The van der Waals surface area contributed by atoms with Crippen LogP contribution in [0.15, 0.2) is 78.8 Å². The maximum absolute atomic E-state index is 12.7. The fourth-order valence-electron chi connectivity index (χ4n) is 3.03. The highest BCUT2D eigenvalue weighted by Gasteiger charge is 2.33. The lowest BCUT2D eigenvalue weighted by atomic mass is 10.1. The second kappa shape index (κ2) is 7.18. The van der Waals surface area contributed by atoms with Crippen LogP contribution in [-0.2, 0) is 17.8 Å². The van der Waals surface area contributed by atoms with Crippen molar-refractivity contribution in [2.75, 3.05) is 0 Å². The van der Waals surface area contributed by atoms with E-state index in [1.807, 2.05) is 42.9 Å². The number of H-pyrrole nitrogens is 1. The van der Waals surface area contributed by atoms with Crippen molar-refractivity contribution in [3.63, 3.8) is 0 Å². The minimum Gasteiger partial charge on any atom is -0.358 e. The fraction of sp³-hybridized carbons (Fsp3) is 0.158. The molecule has 4 heterocycles. The standard InChI is InChI=1S/C19H18N6O/c26-19(23-13-16-21-8-4-9-22-16)18-15-6-1-2-10-25(15)17(24-18)11-14-5-3-7-20-12-14/h1-10,12,17,24H,11,13H2,(H,23,26)/p+1. The summed E-state index contributed by atoms with van der Waals surface area (Å²) in [4.78, 5) is 26.1. The molecule has 2 aromatic heterocycles. The molecule has 130 valence electrons. The van der Waals surface area contributed by atoms with Crippen LogP contribution in [0.3, 0.4) is 0 Å². The summed E-state index contributed by atoms with van der Waals surface area (Å²) in [6, 6.07) is 5.78. The van der Waals surface area contributed by atoms with E-state index in [1.165, 1.54) is 0 Å². The minimum absolute atomic E-state index is 0.0178. The third kappa shape index (κ3) is 3.32. The van der Waals surface area contributed by atoms with E-state index in [-0.39, 0.29) is 18.6 Å². The summed E-state index contributed by atoms with van der Waals surface area (Å²) in [6.07, 6.45) is 15.7. The van der Waals surface area contributed by atoms with E-state index in [2.05, 4.69) is 36.6 Å². The molecule has 2 aromatic rings. The van der Waals surface area contributed by atoms with Gasteiger partial charge in [-0.15, -0.1) is 0 Å². The molecule has 26 heavy (non-hydrogen) atoms. The number of hydrogen-bond acceptors (Lipinski definition) is 5. The van der Waals surface area contributed by atoms with Crippen LogP contribution in [-0.4, -0.2) is 26.9 Å². The van der Waals surface area contributed by atoms with Gasteiger partial charge in [-0.25, -0.2) is 15.0 Å². The minimum atomic E-state index is -0.167. The van der Waals surface area contributed by atoms with Crippen LogP contribution in [0.4, 0.5) is 0 Å². The van der Waals surface area contributed by atoms with Crippen LogP contribution in [0.2, 0.25) is 0 Å². The van der Waals surface area contributed by atoms with Crippen molar-refractivity contribution in [2.45, 2.75) is 19.1 Å². The molecule has 0 aromatic carbocycles. The first kappa shape index (κ1) is 16.0. The number of allylic oxidation sites excluding steroid dienone is 3. The number of carbonyl (C=O) groups excluding carboxylic acids is 1. The molecule has 2 aliphatic rings. The number of hydrogen-bond donors (Lipinski definition) is 2. The molecule has 3 N–H and O–H groups in total. The second-order valence-electron chi connectivity index (χ2n) is 5.99. The molecule has 0 spiro atoms. The number of amides is 1. The number of aromatic amines is 1. The smallest absolute Gasteiger partial charge is 0.269 e. The van der Waals surface area contributed by atoms with Crippen LogP contribution in [0.5, 0.6) is 0 Å². The topological polar surface area (TPSA) is 84.3 Å². The van der Waals surface area contributed by atoms with E-state index in [0.29, 0.717) is 11.5 Å². The maximum atomic E-state index is 12.7. The Morgan fingerprint density at radius 2 is 2.15 bits per heavy atom. The van der Waals surface area contributed by atoms with Gasteiger partial charge in [0.25, 0.3) is 5.91 Å². The zero-order valence-electron chi connectivity index (χ0n) is 14.1. The van der Waals surface area contributed by atoms with E-state index in [0.717, 1.165) is 17.7 Å². The van der Waals surface area contributed by atoms with Gasteiger partial charge in [-0.2, -0.15) is 0 Å². The molecule has 7 nitrogen and oxygen atoms in total. The van der Waals surface area contributed by atoms with E-state index in [9.17, 15) is 4.79 Å². The van der Waals surface area contributed by atoms with Gasteiger partial charge >= 0.3 is 0 Å².